The topological polar surface area (TPSA) is 103 Å². The van der Waals surface area contributed by atoms with E-state index >= 15 is 0 Å². The molecule has 1 N–H and O–H groups in total. The number of non-ortho nitro benzene ring substituents is 1. The minimum atomic E-state index is -1.15. The molecule has 1 aromatic carbocycles. The van der Waals surface area contributed by atoms with Gasteiger partial charge in [-0.05, 0) is 12.1 Å². The third-order valence-corrected chi connectivity index (χ3v) is 2.40. The van der Waals surface area contributed by atoms with Crippen molar-refractivity contribution in [2.24, 2.45) is 0 Å². The molecule has 104 valence electrons. The van der Waals surface area contributed by atoms with E-state index in [0.29, 0.717) is 0 Å². The summed E-state index contributed by atoms with van der Waals surface area (Å²) >= 11 is 0. The van der Waals surface area contributed by atoms with Crippen molar-refractivity contribution in [1.29, 1.82) is 0 Å². The van der Waals surface area contributed by atoms with Gasteiger partial charge in [-0.25, -0.2) is 9.18 Å². The molecule has 0 saturated carbocycles. The lowest BCUT2D eigenvalue weighted by Gasteiger charge is -2.04. The predicted octanol–water partition coefficient (Wildman–Crippen LogP) is 2.60. The number of hydrogen-bond acceptors (Lipinski definition) is 5. The van der Waals surface area contributed by atoms with E-state index in [9.17, 15) is 19.3 Å². The smallest absolute Gasteiger partial charge is 0.338 e. The number of benzene rings is 1. The summed E-state index contributed by atoms with van der Waals surface area (Å²) < 4.78 is 23.5. The number of nitrogens with zero attached hydrogens (tertiary/aromatic N) is 1. The second-order valence-corrected chi connectivity index (χ2v) is 3.77. The van der Waals surface area contributed by atoms with Crippen molar-refractivity contribution in [3.05, 3.63) is 57.8 Å². The van der Waals surface area contributed by atoms with Crippen molar-refractivity contribution in [2.45, 2.75) is 6.61 Å². The van der Waals surface area contributed by atoms with Gasteiger partial charge in [0.15, 0.2) is 11.6 Å². The van der Waals surface area contributed by atoms with Crippen LogP contribution in [0.4, 0.5) is 10.1 Å². The molecule has 0 unspecified atom stereocenters. The van der Waals surface area contributed by atoms with Crippen LogP contribution in [0.3, 0.4) is 0 Å². The first-order valence-corrected chi connectivity index (χ1v) is 5.35. The maximum absolute atomic E-state index is 13.5. The third-order valence-electron chi connectivity index (χ3n) is 2.40. The van der Waals surface area contributed by atoms with Crippen molar-refractivity contribution in [3.63, 3.8) is 0 Å². The molecular weight excluding hydrogens is 273 g/mol. The molecule has 0 aliphatic carbocycles. The molecule has 0 fully saturated rings. The molecule has 0 saturated heterocycles. The maximum Gasteiger partial charge on any atom is 0.338 e. The highest BCUT2D eigenvalue weighted by atomic mass is 19.1. The monoisotopic (exact) mass is 281 g/mol. The SMILES string of the molecule is O=C(O)c1coc(COc2ccc([N+](=O)[O-])cc2F)c1. The van der Waals surface area contributed by atoms with Gasteiger partial charge in [-0.2, -0.15) is 0 Å². The van der Waals surface area contributed by atoms with Crippen LogP contribution >= 0.6 is 0 Å². The van der Waals surface area contributed by atoms with Gasteiger partial charge in [-0.3, -0.25) is 10.1 Å². The highest BCUT2D eigenvalue weighted by Gasteiger charge is 2.13. The average Bonchev–Trinajstić information content (AvgIpc) is 2.86. The minimum Gasteiger partial charge on any atom is -0.483 e. The fourth-order valence-electron chi connectivity index (χ4n) is 1.44. The van der Waals surface area contributed by atoms with Crippen LogP contribution in [0.5, 0.6) is 5.75 Å². The minimum absolute atomic E-state index is 0.0484. The van der Waals surface area contributed by atoms with Crippen LogP contribution in [0, 0.1) is 15.9 Å². The number of carboxylic acid groups (broad SMARTS) is 1. The number of nitro groups is 1. The van der Waals surface area contributed by atoms with E-state index in [2.05, 4.69) is 0 Å². The standard InChI is InChI=1S/C12H8FNO6/c13-10-4-8(14(17)18)1-2-11(10)20-6-9-3-7(5-19-9)12(15)16/h1-5H,6H2,(H,15,16). The Morgan fingerprint density at radius 2 is 2.20 bits per heavy atom. The fraction of sp³-hybridized carbons (Fsp3) is 0.0833. The molecule has 0 bridgehead atoms. The van der Waals surface area contributed by atoms with Gasteiger partial charge in [0.2, 0.25) is 0 Å². The summed E-state index contributed by atoms with van der Waals surface area (Å²) in [6.07, 6.45) is 1.03. The molecule has 1 aromatic heterocycles. The van der Waals surface area contributed by atoms with Gasteiger partial charge in [0.25, 0.3) is 5.69 Å². The Morgan fingerprint density at radius 1 is 1.45 bits per heavy atom. The van der Waals surface area contributed by atoms with E-state index in [0.717, 1.165) is 24.5 Å². The van der Waals surface area contributed by atoms with Crippen LogP contribution in [0.2, 0.25) is 0 Å². The second kappa shape index (κ2) is 5.39. The molecule has 20 heavy (non-hydrogen) atoms. The van der Waals surface area contributed by atoms with Crippen LogP contribution in [0.1, 0.15) is 16.1 Å². The van der Waals surface area contributed by atoms with Crippen molar-refractivity contribution in [1.82, 2.24) is 0 Å². The Balaban J connectivity index is 2.06. The average molecular weight is 281 g/mol. The molecule has 8 heteroatoms. The molecule has 1 heterocycles. The highest BCUT2D eigenvalue weighted by Crippen LogP contribution is 2.23. The Bertz CT molecular complexity index is 666. The number of hydrogen-bond donors (Lipinski definition) is 1. The molecule has 0 amide bonds. The summed E-state index contributed by atoms with van der Waals surface area (Å²) in [4.78, 5) is 20.3. The summed E-state index contributed by atoms with van der Waals surface area (Å²) in [5.41, 5.74) is -0.436. The van der Waals surface area contributed by atoms with Gasteiger partial charge < -0.3 is 14.3 Å². The van der Waals surface area contributed by atoms with Crippen molar-refractivity contribution >= 4 is 11.7 Å². The normalized spacial score (nSPS) is 10.2. The van der Waals surface area contributed by atoms with E-state index < -0.39 is 16.7 Å². The zero-order chi connectivity index (χ0) is 14.7. The Hall–Kier alpha value is -2.90. The van der Waals surface area contributed by atoms with Gasteiger partial charge in [0, 0.05) is 6.07 Å². The van der Waals surface area contributed by atoms with E-state index in [4.69, 9.17) is 14.3 Å². The van der Waals surface area contributed by atoms with E-state index in [1.165, 1.54) is 6.07 Å². The lowest BCUT2D eigenvalue weighted by Crippen LogP contribution is -1.98. The Morgan fingerprint density at radius 3 is 2.75 bits per heavy atom. The van der Waals surface area contributed by atoms with Crippen molar-refractivity contribution in [3.8, 4) is 5.75 Å². The molecule has 2 aromatic rings. The first-order valence-electron chi connectivity index (χ1n) is 5.35. The Kier molecular flexibility index (Phi) is 3.65. The number of furan rings is 1. The summed E-state index contributed by atoms with van der Waals surface area (Å²) in [5.74, 6) is -2.03. The summed E-state index contributed by atoms with van der Waals surface area (Å²) in [6, 6.07) is 4.20. The van der Waals surface area contributed by atoms with E-state index in [-0.39, 0.29) is 29.4 Å². The third kappa shape index (κ3) is 2.91. The van der Waals surface area contributed by atoms with E-state index in [1.807, 2.05) is 0 Å². The maximum atomic E-state index is 13.5. The van der Waals surface area contributed by atoms with Crippen molar-refractivity contribution < 1.29 is 28.4 Å². The van der Waals surface area contributed by atoms with Gasteiger partial charge in [-0.1, -0.05) is 0 Å². The lowest BCUT2D eigenvalue weighted by atomic mass is 10.3. The van der Waals surface area contributed by atoms with Crippen LogP contribution in [-0.2, 0) is 6.61 Å². The first kappa shape index (κ1) is 13.5. The molecular formula is C12H8FNO6. The number of nitro benzene ring substituents is 1. The highest BCUT2D eigenvalue weighted by molar-refractivity contribution is 5.87. The lowest BCUT2D eigenvalue weighted by molar-refractivity contribution is -0.385. The van der Waals surface area contributed by atoms with Crippen LogP contribution in [0.15, 0.2) is 34.9 Å². The number of carboxylic acids is 1. The molecule has 2 rings (SSSR count). The molecule has 0 radical (unpaired) electrons. The Labute approximate surface area is 111 Å². The van der Waals surface area contributed by atoms with Crippen molar-refractivity contribution in [2.75, 3.05) is 0 Å². The first-order chi connectivity index (χ1) is 9.47. The summed E-state index contributed by atoms with van der Waals surface area (Å²) in [5, 5.41) is 19.1. The van der Waals surface area contributed by atoms with Crippen LogP contribution < -0.4 is 4.74 Å². The van der Waals surface area contributed by atoms with Crippen LogP contribution in [0.25, 0.3) is 0 Å². The summed E-state index contributed by atoms with van der Waals surface area (Å²) in [7, 11) is 0. The van der Waals surface area contributed by atoms with Gasteiger partial charge in [0.05, 0.1) is 16.6 Å². The molecule has 0 spiro atoms. The quantitative estimate of drug-likeness (QED) is 0.667. The number of ether oxygens (including phenoxy) is 1. The second-order valence-electron chi connectivity index (χ2n) is 3.77. The van der Waals surface area contributed by atoms with Crippen LogP contribution in [-0.4, -0.2) is 16.0 Å². The zero-order valence-corrected chi connectivity index (χ0v) is 9.91. The number of halogens is 1. The zero-order valence-electron chi connectivity index (χ0n) is 9.91. The number of aromatic carboxylic acids is 1. The summed E-state index contributed by atoms with van der Waals surface area (Å²) in [6.45, 7) is -0.192. The molecule has 0 atom stereocenters. The molecule has 0 aliphatic rings. The van der Waals surface area contributed by atoms with Gasteiger partial charge in [-0.15, -0.1) is 0 Å². The van der Waals surface area contributed by atoms with E-state index in [1.54, 1.807) is 0 Å². The molecule has 0 aliphatic heterocycles. The molecule has 7 nitrogen and oxygen atoms in total. The number of rotatable bonds is 5. The van der Waals surface area contributed by atoms with Gasteiger partial charge >= 0.3 is 5.97 Å². The number of carbonyl (C=O) groups is 1. The van der Waals surface area contributed by atoms with Gasteiger partial charge in [0.1, 0.15) is 18.6 Å². The predicted molar refractivity (Wildman–Crippen MR) is 63.1 cm³/mol. The fourth-order valence-corrected chi connectivity index (χ4v) is 1.44. The largest absolute Gasteiger partial charge is 0.483 e.